The molecule has 410 valence electrons. The van der Waals surface area contributed by atoms with Crippen molar-refractivity contribution < 1.29 is 115 Å². The number of halogens is 24. The van der Waals surface area contributed by atoms with Gasteiger partial charge in [0.15, 0.2) is 12.4 Å². The maximum absolute atomic E-state index is 14.2. The van der Waals surface area contributed by atoms with Crippen molar-refractivity contribution in [2.45, 2.75) is 76.2 Å². The second kappa shape index (κ2) is 21.0. The highest BCUT2D eigenvalue weighted by molar-refractivity contribution is 7.20. The lowest BCUT2D eigenvalue weighted by Crippen LogP contribution is -2.75. The molecule has 0 bridgehead atoms. The zero-order valence-corrected chi connectivity index (χ0v) is 38.1. The topological polar surface area (TPSA) is 20.9 Å². The van der Waals surface area contributed by atoms with Gasteiger partial charge in [-0.3, -0.25) is 4.79 Å². The summed E-state index contributed by atoms with van der Waals surface area (Å²) in [5.41, 5.74) is -28.1. The Morgan fingerprint density at radius 3 is 0.829 bits per heavy atom. The van der Waals surface area contributed by atoms with Crippen molar-refractivity contribution in [3.8, 4) is 0 Å². The maximum atomic E-state index is 14.2. The molecule has 2 nitrogen and oxygen atoms in total. The van der Waals surface area contributed by atoms with E-state index in [4.69, 9.17) is 0 Å². The molecule has 5 aromatic carbocycles. The van der Waals surface area contributed by atoms with Gasteiger partial charge in [-0.2, -0.15) is 132 Å². The molecule has 0 atom stereocenters. The van der Waals surface area contributed by atoms with Crippen molar-refractivity contribution in [2.75, 3.05) is 0 Å². The SMILES string of the molecule is CC(C)Cc1cc[n+](CC(=O)c2ccccc2)cc1.FC(F)(F)c1cc([B-](c2cc(C(F)(F)F)cc(C(F)(F)F)c2)(c2cc(C(F)(F)F)cc(C(F)(F)F)c2)c2cc(C(F)(F)F)cc(C(F)(F)F)c2)cc(C(F)(F)F)c1. The van der Waals surface area contributed by atoms with E-state index < -0.39 is 195 Å². The first kappa shape index (κ1) is 60.2. The highest BCUT2D eigenvalue weighted by atomic mass is 19.4. The van der Waals surface area contributed by atoms with Crippen molar-refractivity contribution in [2.24, 2.45) is 5.92 Å². The molecule has 0 N–H and O–H groups in total. The van der Waals surface area contributed by atoms with E-state index >= 15 is 0 Å². The van der Waals surface area contributed by atoms with E-state index in [1.54, 1.807) is 0 Å². The molecule has 1 heterocycles. The van der Waals surface area contributed by atoms with Crippen molar-refractivity contribution in [3.05, 3.63) is 183 Å². The van der Waals surface area contributed by atoms with Gasteiger partial charge in [0.25, 0.3) is 0 Å². The van der Waals surface area contributed by atoms with Crippen LogP contribution in [0.25, 0.3) is 0 Å². The van der Waals surface area contributed by atoms with Crippen LogP contribution in [0.15, 0.2) is 128 Å². The summed E-state index contributed by atoms with van der Waals surface area (Å²) in [6.45, 7) is 4.81. The third-order valence-electron chi connectivity index (χ3n) is 11.5. The molecular weight excluding hydrogens is 1090 g/mol. The first-order valence-corrected chi connectivity index (χ1v) is 21.3. The molecule has 6 aromatic rings. The van der Waals surface area contributed by atoms with Gasteiger partial charge in [0, 0.05) is 17.7 Å². The van der Waals surface area contributed by atoms with E-state index in [1.807, 2.05) is 47.3 Å². The minimum atomic E-state index is -6.13. The first-order valence-electron chi connectivity index (χ1n) is 21.3. The van der Waals surface area contributed by atoms with Gasteiger partial charge in [-0.25, -0.2) is 0 Å². The Morgan fingerprint density at radius 1 is 0.382 bits per heavy atom. The minimum absolute atomic E-state index is 0.141. The van der Waals surface area contributed by atoms with Crippen LogP contribution in [0.4, 0.5) is 105 Å². The van der Waals surface area contributed by atoms with Crippen LogP contribution in [0.1, 0.15) is 74.3 Å². The average Bonchev–Trinajstić information content (AvgIpc) is 3.27. The Kier molecular flexibility index (Phi) is 16.6. The van der Waals surface area contributed by atoms with Gasteiger partial charge in [-0.15, -0.1) is 0 Å². The van der Waals surface area contributed by atoms with E-state index in [0.29, 0.717) is 12.5 Å². The summed E-state index contributed by atoms with van der Waals surface area (Å²) in [4.78, 5) is 12.1. The first-order chi connectivity index (χ1) is 34.4. The Hall–Kier alpha value is -6.70. The number of carbonyl (C=O) groups excluding carboxylic acids is 1. The minimum Gasteiger partial charge on any atom is -0.287 e. The van der Waals surface area contributed by atoms with Gasteiger partial charge in [0.2, 0.25) is 12.3 Å². The van der Waals surface area contributed by atoms with Crippen LogP contribution in [-0.4, -0.2) is 11.9 Å². The third-order valence-corrected chi connectivity index (χ3v) is 11.5. The lowest BCUT2D eigenvalue weighted by molar-refractivity contribution is -0.683. The van der Waals surface area contributed by atoms with Gasteiger partial charge in [0.1, 0.15) is 6.15 Å². The Bertz CT molecular complexity index is 2580. The largest absolute Gasteiger partial charge is 0.416 e. The molecule has 0 saturated carbocycles. The zero-order chi connectivity index (χ0) is 57.6. The molecule has 1 aromatic heterocycles. The molecule has 0 radical (unpaired) electrons. The number of hydrogen-bond donors (Lipinski definition) is 0. The number of aromatic nitrogens is 1. The summed E-state index contributed by atoms with van der Waals surface area (Å²) in [7, 11) is 0. The van der Waals surface area contributed by atoms with E-state index in [0.717, 1.165) is 12.0 Å². The van der Waals surface area contributed by atoms with Crippen molar-refractivity contribution >= 4 is 33.8 Å². The highest BCUT2D eigenvalue weighted by Gasteiger charge is 2.47. The van der Waals surface area contributed by atoms with Gasteiger partial charge in [-0.1, -0.05) is 92.7 Å². The quantitative estimate of drug-likeness (QED) is 0.0612. The van der Waals surface area contributed by atoms with Crippen LogP contribution in [0.2, 0.25) is 0 Å². The summed E-state index contributed by atoms with van der Waals surface area (Å²) in [5, 5.41) is 0. The predicted octanol–water partition coefficient (Wildman–Crippen LogP) is 14.3. The van der Waals surface area contributed by atoms with Crippen molar-refractivity contribution in [1.29, 1.82) is 0 Å². The summed E-state index contributed by atoms with van der Waals surface area (Å²) in [6.07, 6.45) is -49.8. The zero-order valence-electron chi connectivity index (χ0n) is 38.1. The average molecular weight is 1120 g/mol. The number of hydrogen-bond acceptors (Lipinski definition) is 1. The number of alkyl halides is 24. The predicted molar refractivity (Wildman–Crippen MR) is 226 cm³/mol. The lowest BCUT2D eigenvalue weighted by Gasteiger charge is -2.46. The molecule has 0 aliphatic carbocycles. The second-order valence-electron chi connectivity index (χ2n) is 17.5. The molecule has 0 aliphatic heterocycles. The number of carbonyl (C=O) groups is 1. The van der Waals surface area contributed by atoms with E-state index in [9.17, 15) is 110 Å². The maximum Gasteiger partial charge on any atom is 0.416 e. The van der Waals surface area contributed by atoms with Crippen LogP contribution in [0.5, 0.6) is 0 Å². The number of nitrogens with zero attached hydrogens (tertiary/aromatic N) is 1. The molecule has 27 heteroatoms. The number of ketones is 1. The second-order valence-corrected chi connectivity index (χ2v) is 17.5. The van der Waals surface area contributed by atoms with Crippen molar-refractivity contribution in [1.82, 2.24) is 0 Å². The van der Waals surface area contributed by atoms with E-state index in [2.05, 4.69) is 26.0 Å². The number of benzene rings is 5. The van der Waals surface area contributed by atoms with E-state index in [1.165, 1.54) is 5.56 Å². The molecule has 0 aliphatic rings. The molecular formula is C49H32BF24NO. The fourth-order valence-electron chi connectivity index (χ4n) is 8.15. The van der Waals surface area contributed by atoms with Gasteiger partial charge >= 0.3 is 49.4 Å². The van der Waals surface area contributed by atoms with Gasteiger partial charge in [0.05, 0.1) is 44.5 Å². The standard InChI is InChI=1S/C32H12BF24.C17H20NO/c34-25(35,36)13-1-14(26(37,38)39)6-21(5-13)33(22-7-15(27(40,41)42)2-16(8-22)28(43,44)45,23-9-17(29(46,47)48)3-18(10-23)30(49,50)51)24-11-19(31(52,53)54)4-20(12-24)32(55,56)57;1-14(2)12-15-8-10-18(11-9-15)13-17(19)16-6-4-3-5-7-16/h1-12H;3-11,14H,12-13H2,1-2H3/q-1;+1. The van der Waals surface area contributed by atoms with Crippen LogP contribution in [0.3, 0.4) is 0 Å². The van der Waals surface area contributed by atoms with Crippen LogP contribution < -0.4 is 26.4 Å². The summed E-state index contributed by atoms with van der Waals surface area (Å²) >= 11 is 0. The number of pyridine rings is 1. The Balaban J connectivity index is 0.000000468. The highest BCUT2D eigenvalue weighted by Crippen LogP contribution is 2.41. The van der Waals surface area contributed by atoms with E-state index in [-0.39, 0.29) is 5.78 Å². The molecule has 0 spiro atoms. The third kappa shape index (κ3) is 14.4. The van der Waals surface area contributed by atoms with Crippen molar-refractivity contribution in [3.63, 3.8) is 0 Å². The Morgan fingerprint density at radius 2 is 0.618 bits per heavy atom. The molecule has 0 amide bonds. The molecule has 0 fully saturated rings. The van der Waals surface area contributed by atoms with Gasteiger partial charge in [-0.05, 0) is 42.2 Å². The lowest BCUT2D eigenvalue weighted by atomic mass is 9.12. The molecule has 0 unspecified atom stereocenters. The number of rotatable bonds is 9. The van der Waals surface area contributed by atoms with Crippen LogP contribution >= 0.6 is 0 Å². The summed E-state index contributed by atoms with van der Waals surface area (Å²) in [5.74, 6) is 0.795. The Labute approximate surface area is 413 Å². The molecule has 0 saturated heterocycles. The fraction of sp³-hybridized carbons (Fsp3) is 0.265. The molecule has 76 heavy (non-hydrogen) atoms. The fourth-order valence-corrected chi connectivity index (χ4v) is 8.15. The smallest absolute Gasteiger partial charge is 0.287 e. The van der Waals surface area contributed by atoms with Gasteiger partial charge < -0.3 is 0 Å². The summed E-state index contributed by atoms with van der Waals surface area (Å²) < 4.78 is 343. The number of Topliss-reactive ketones (excluding diaryl/α,β-unsaturated/α-hetero) is 1. The summed E-state index contributed by atoms with van der Waals surface area (Å²) in [6, 6.07) is 4.80. The van der Waals surface area contributed by atoms with Crippen LogP contribution in [0, 0.1) is 5.92 Å². The van der Waals surface area contributed by atoms with Crippen LogP contribution in [-0.2, 0) is 62.4 Å². The monoisotopic (exact) mass is 1120 g/mol. The molecule has 6 rings (SSSR count). The normalized spacial score (nSPS) is 13.4.